The van der Waals surface area contributed by atoms with E-state index in [1.807, 2.05) is 9.47 Å². The predicted octanol–water partition coefficient (Wildman–Crippen LogP) is 2.32. The first-order valence-electron chi connectivity index (χ1n) is 11.4. The third-order valence-corrected chi connectivity index (χ3v) is 7.26. The van der Waals surface area contributed by atoms with E-state index in [4.69, 9.17) is 4.74 Å². The molecule has 0 N–H and O–H groups in total. The molecule has 6 nitrogen and oxygen atoms in total. The fourth-order valence-electron chi connectivity index (χ4n) is 5.78. The molecule has 0 spiro atoms. The number of hydrogen-bond acceptors (Lipinski definition) is 4. The van der Waals surface area contributed by atoms with Crippen molar-refractivity contribution in [2.75, 3.05) is 32.7 Å². The van der Waals surface area contributed by atoms with E-state index in [-0.39, 0.29) is 23.7 Å². The Morgan fingerprint density at radius 3 is 2.59 bits per heavy atom. The van der Waals surface area contributed by atoms with Crippen LogP contribution in [0.5, 0.6) is 0 Å². The number of aromatic nitrogens is 1. The lowest BCUT2D eigenvalue weighted by Gasteiger charge is -2.43. The summed E-state index contributed by atoms with van der Waals surface area (Å²) in [6, 6.07) is 3.85. The van der Waals surface area contributed by atoms with Gasteiger partial charge in [-0.2, -0.15) is 0 Å². The first-order chi connectivity index (χ1) is 14.0. The molecule has 5 rings (SSSR count). The van der Waals surface area contributed by atoms with Crippen molar-refractivity contribution in [3.05, 3.63) is 33.7 Å². The highest BCUT2D eigenvalue weighted by molar-refractivity contribution is 5.94. The van der Waals surface area contributed by atoms with Crippen molar-refractivity contribution in [3.63, 3.8) is 0 Å². The van der Waals surface area contributed by atoms with Crippen molar-refractivity contribution in [1.29, 1.82) is 0 Å². The second-order valence-electron chi connectivity index (χ2n) is 10.00. The maximum atomic E-state index is 13.3. The molecule has 0 unspecified atom stereocenters. The maximum absolute atomic E-state index is 13.3. The first-order valence-corrected chi connectivity index (χ1v) is 11.4. The average Bonchev–Trinajstić information content (AvgIpc) is 3.04. The van der Waals surface area contributed by atoms with Crippen LogP contribution >= 0.6 is 0 Å². The summed E-state index contributed by atoms with van der Waals surface area (Å²) in [7, 11) is 0. The number of rotatable bonds is 4. The van der Waals surface area contributed by atoms with Crippen molar-refractivity contribution in [2.24, 2.45) is 11.8 Å². The third-order valence-electron chi connectivity index (χ3n) is 7.26. The fraction of sp³-hybridized carbons (Fsp3) is 0.739. The van der Waals surface area contributed by atoms with Crippen molar-refractivity contribution in [2.45, 2.75) is 64.2 Å². The first kappa shape index (κ1) is 19.3. The zero-order chi connectivity index (χ0) is 20.1. The van der Waals surface area contributed by atoms with Crippen LogP contribution in [-0.4, -0.2) is 65.2 Å². The minimum absolute atomic E-state index is 0.0864. The number of carbonyl (C=O) groups is 1. The monoisotopic (exact) mass is 399 g/mol. The molecule has 3 fully saturated rings. The largest absolute Gasteiger partial charge is 0.371 e. The minimum Gasteiger partial charge on any atom is -0.371 e. The number of pyridine rings is 1. The lowest BCUT2D eigenvalue weighted by Crippen LogP contribution is -2.50. The zero-order valence-corrected chi connectivity index (χ0v) is 17.7. The molecular formula is C23H33N3O3. The lowest BCUT2D eigenvalue weighted by molar-refractivity contribution is -0.0304. The van der Waals surface area contributed by atoms with Gasteiger partial charge in [-0.15, -0.1) is 0 Å². The highest BCUT2D eigenvalue weighted by atomic mass is 16.5. The van der Waals surface area contributed by atoms with Gasteiger partial charge in [0.15, 0.2) is 0 Å². The highest BCUT2D eigenvalue weighted by Crippen LogP contribution is 2.35. The van der Waals surface area contributed by atoms with E-state index in [1.165, 1.54) is 6.42 Å². The Balaban J connectivity index is 1.36. The number of likely N-dealkylation sites (tertiary alicyclic amines) is 2. The van der Waals surface area contributed by atoms with Gasteiger partial charge in [-0.25, -0.2) is 0 Å². The van der Waals surface area contributed by atoms with Gasteiger partial charge < -0.3 is 19.1 Å². The Morgan fingerprint density at radius 1 is 1.10 bits per heavy atom. The van der Waals surface area contributed by atoms with Crippen molar-refractivity contribution in [1.82, 2.24) is 14.4 Å². The van der Waals surface area contributed by atoms with Crippen LogP contribution in [0.2, 0.25) is 0 Å². The third kappa shape index (κ3) is 3.66. The molecule has 1 aromatic rings. The molecule has 0 aliphatic carbocycles. The van der Waals surface area contributed by atoms with Crippen LogP contribution in [0.1, 0.15) is 61.5 Å². The number of piperidine rings is 1. The van der Waals surface area contributed by atoms with Crippen LogP contribution in [0.3, 0.4) is 0 Å². The number of ether oxygens (including phenoxy) is 1. The van der Waals surface area contributed by atoms with Crippen LogP contribution in [0.4, 0.5) is 0 Å². The molecule has 4 atom stereocenters. The summed E-state index contributed by atoms with van der Waals surface area (Å²) in [6.07, 6.45) is 4.73. The number of nitrogens with zero attached hydrogens (tertiary/aromatic N) is 3. The molecule has 1 aromatic heterocycles. The van der Waals surface area contributed by atoms with E-state index in [1.54, 1.807) is 6.07 Å². The van der Waals surface area contributed by atoms with Crippen LogP contribution in [0.15, 0.2) is 16.9 Å². The van der Waals surface area contributed by atoms with Crippen molar-refractivity contribution < 1.29 is 9.53 Å². The summed E-state index contributed by atoms with van der Waals surface area (Å²) < 4.78 is 7.76. The van der Waals surface area contributed by atoms with Gasteiger partial charge in [0.2, 0.25) is 0 Å². The number of fused-ring (bicyclic) bond motifs is 6. The molecule has 1 amide bonds. The summed E-state index contributed by atoms with van der Waals surface area (Å²) in [5, 5.41) is 0. The van der Waals surface area contributed by atoms with Gasteiger partial charge in [-0.1, -0.05) is 13.8 Å². The standard InChI is InChI=1S/C23H33N3O3/c1-15(2)7-8-24-10-16-9-17(12-24)21-6-5-20(23(28)26(21)11-16)22(27)25-13-18-3-4-19(14-25)29-18/h5-6,15-19H,3-4,7-14H2,1-2H3/t16-,17+,18-,19+/m0/s1. The predicted molar refractivity (Wildman–Crippen MR) is 111 cm³/mol. The molecule has 3 saturated heterocycles. The van der Waals surface area contributed by atoms with Crippen LogP contribution in [-0.2, 0) is 11.3 Å². The molecule has 0 aromatic carbocycles. The summed E-state index contributed by atoms with van der Waals surface area (Å²) in [5.41, 5.74) is 1.38. The van der Waals surface area contributed by atoms with E-state index >= 15 is 0 Å². The fourth-order valence-corrected chi connectivity index (χ4v) is 5.78. The van der Waals surface area contributed by atoms with Crippen LogP contribution in [0.25, 0.3) is 0 Å². The van der Waals surface area contributed by atoms with E-state index < -0.39 is 0 Å². The molecule has 29 heavy (non-hydrogen) atoms. The molecule has 0 radical (unpaired) electrons. The highest BCUT2D eigenvalue weighted by Gasteiger charge is 2.38. The Kier molecular flexibility index (Phi) is 5.03. The summed E-state index contributed by atoms with van der Waals surface area (Å²) in [4.78, 5) is 30.8. The quantitative estimate of drug-likeness (QED) is 0.780. The van der Waals surface area contributed by atoms with Gasteiger partial charge in [0.25, 0.3) is 11.5 Å². The van der Waals surface area contributed by atoms with Gasteiger partial charge in [-0.3, -0.25) is 9.59 Å². The normalized spacial score (nSPS) is 31.2. The molecule has 158 valence electrons. The van der Waals surface area contributed by atoms with Crippen LogP contribution < -0.4 is 5.56 Å². The summed E-state index contributed by atoms with van der Waals surface area (Å²) in [6.45, 7) is 9.78. The molecule has 0 saturated carbocycles. The van der Waals surface area contributed by atoms with Gasteiger partial charge in [0.05, 0.1) is 12.2 Å². The molecule has 4 aliphatic rings. The smallest absolute Gasteiger partial charge is 0.263 e. The number of carbonyl (C=O) groups excluding carboxylic acids is 1. The lowest BCUT2D eigenvalue weighted by atomic mass is 9.82. The van der Waals surface area contributed by atoms with E-state index in [0.29, 0.717) is 30.5 Å². The van der Waals surface area contributed by atoms with Crippen LogP contribution in [0, 0.1) is 11.8 Å². The molecule has 6 heteroatoms. The summed E-state index contributed by atoms with van der Waals surface area (Å²) in [5.74, 6) is 1.52. The molecular weight excluding hydrogens is 366 g/mol. The molecule has 4 aliphatic heterocycles. The molecule has 4 bridgehead atoms. The number of hydrogen-bond donors (Lipinski definition) is 0. The van der Waals surface area contributed by atoms with E-state index in [9.17, 15) is 9.59 Å². The SMILES string of the molecule is CC(C)CCN1C[C@@H]2C[C@H](C1)c1ccc(C(=O)N3C[C@H]4CC[C@@H](C3)O4)c(=O)n1C2. The van der Waals surface area contributed by atoms with Crippen molar-refractivity contribution in [3.8, 4) is 0 Å². The zero-order valence-electron chi connectivity index (χ0n) is 17.7. The Hall–Kier alpha value is -1.66. The minimum atomic E-state index is -0.111. The average molecular weight is 400 g/mol. The van der Waals surface area contributed by atoms with Gasteiger partial charge >= 0.3 is 0 Å². The van der Waals surface area contributed by atoms with Gasteiger partial charge in [0, 0.05) is 44.3 Å². The second kappa shape index (κ2) is 7.55. The van der Waals surface area contributed by atoms with E-state index in [2.05, 4.69) is 24.8 Å². The van der Waals surface area contributed by atoms with Gasteiger partial charge in [0.1, 0.15) is 5.56 Å². The topological polar surface area (TPSA) is 54.8 Å². The Bertz CT molecular complexity index is 836. The Morgan fingerprint density at radius 2 is 1.86 bits per heavy atom. The van der Waals surface area contributed by atoms with Gasteiger partial charge in [-0.05, 0) is 56.2 Å². The Labute approximate surface area is 172 Å². The van der Waals surface area contributed by atoms with E-state index in [0.717, 1.165) is 57.1 Å². The molecule has 5 heterocycles. The number of amides is 1. The number of morpholine rings is 1. The summed E-state index contributed by atoms with van der Waals surface area (Å²) >= 11 is 0. The van der Waals surface area contributed by atoms with Crippen molar-refractivity contribution >= 4 is 5.91 Å². The maximum Gasteiger partial charge on any atom is 0.263 e. The second-order valence-corrected chi connectivity index (χ2v) is 10.00.